The number of hydrogen-bond acceptors (Lipinski definition) is 6. The van der Waals surface area contributed by atoms with E-state index in [1.807, 2.05) is 24.1 Å². The summed E-state index contributed by atoms with van der Waals surface area (Å²) in [5, 5.41) is 2.40. The number of fused-ring (bicyclic) bond motifs is 3. The highest BCUT2D eigenvalue weighted by Crippen LogP contribution is 2.48. The van der Waals surface area contributed by atoms with Crippen molar-refractivity contribution in [2.45, 2.75) is 5.91 Å². The molecule has 2 aromatic rings. The first-order valence-electron chi connectivity index (χ1n) is 8.49. The molecule has 0 bridgehead atoms. The maximum absolute atomic E-state index is 11.7. The molecule has 3 fully saturated rings. The van der Waals surface area contributed by atoms with Crippen LogP contribution in [0.3, 0.4) is 0 Å². The highest BCUT2D eigenvalue weighted by molar-refractivity contribution is 6.31. The summed E-state index contributed by atoms with van der Waals surface area (Å²) in [5.74, 6) is -2.79. The quantitative estimate of drug-likeness (QED) is 0.581. The maximum Gasteiger partial charge on any atom is 0.421 e. The van der Waals surface area contributed by atoms with E-state index in [1.165, 1.54) is 16.5 Å². The summed E-state index contributed by atoms with van der Waals surface area (Å²) in [6.07, 6.45) is 0. The second-order valence-electron chi connectivity index (χ2n) is 7.06. The molecule has 2 atom stereocenters. The van der Waals surface area contributed by atoms with Gasteiger partial charge in [0.25, 0.3) is 0 Å². The van der Waals surface area contributed by atoms with Gasteiger partial charge in [-0.25, -0.2) is 14.5 Å². The molecule has 25 heavy (non-hydrogen) atoms. The fourth-order valence-corrected chi connectivity index (χ4v) is 4.59. The summed E-state index contributed by atoms with van der Waals surface area (Å²) in [6, 6.07) is 14.6. The van der Waals surface area contributed by atoms with Crippen LogP contribution in [0.1, 0.15) is 0 Å². The van der Waals surface area contributed by atoms with E-state index in [-0.39, 0.29) is 11.8 Å². The first-order chi connectivity index (χ1) is 12.1. The molecule has 0 saturated carbocycles. The predicted molar refractivity (Wildman–Crippen MR) is 90.7 cm³/mol. The molecule has 0 N–H and O–H groups in total. The average Bonchev–Trinajstić information content (AvgIpc) is 3.23. The Morgan fingerprint density at radius 3 is 2.48 bits per heavy atom. The van der Waals surface area contributed by atoms with Crippen molar-refractivity contribution in [3.8, 4) is 0 Å². The van der Waals surface area contributed by atoms with E-state index in [1.54, 1.807) is 0 Å². The molecule has 128 valence electrons. The van der Waals surface area contributed by atoms with Crippen LogP contribution in [0.15, 0.2) is 42.5 Å². The van der Waals surface area contributed by atoms with E-state index in [2.05, 4.69) is 35.2 Å². The Morgan fingerprint density at radius 1 is 0.960 bits per heavy atom. The van der Waals surface area contributed by atoms with Crippen LogP contribution in [0.2, 0.25) is 0 Å². The van der Waals surface area contributed by atoms with Crippen LogP contribution in [-0.4, -0.2) is 49.4 Å². The van der Waals surface area contributed by atoms with Gasteiger partial charge in [0.1, 0.15) is 0 Å². The molecule has 0 radical (unpaired) electrons. The molecule has 3 aliphatic rings. The second-order valence-corrected chi connectivity index (χ2v) is 7.06. The molecular weight excluding hydrogens is 320 g/mol. The van der Waals surface area contributed by atoms with E-state index in [9.17, 15) is 9.59 Å². The molecule has 5 rings (SSSR count). The lowest BCUT2D eigenvalue weighted by Crippen LogP contribution is -2.49. The van der Waals surface area contributed by atoms with E-state index < -0.39 is 17.8 Å². The van der Waals surface area contributed by atoms with Crippen molar-refractivity contribution in [2.75, 3.05) is 31.6 Å². The number of rotatable bonds is 1. The van der Waals surface area contributed by atoms with Crippen LogP contribution in [0.25, 0.3) is 10.8 Å². The topological polar surface area (TPSA) is 59.1 Å². The highest BCUT2D eigenvalue weighted by atomic mass is 16.8. The van der Waals surface area contributed by atoms with Gasteiger partial charge in [-0.15, -0.1) is 0 Å². The van der Waals surface area contributed by atoms with Crippen molar-refractivity contribution in [3.63, 3.8) is 0 Å². The molecule has 2 unspecified atom stereocenters. The van der Waals surface area contributed by atoms with Gasteiger partial charge >= 0.3 is 17.8 Å². The summed E-state index contributed by atoms with van der Waals surface area (Å²) in [5.41, 5.74) is 1.17. The van der Waals surface area contributed by atoms with E-state index in [4.69, 9.17) is 9.47 Å². The van der Waals surface area contributed by atoms with Crippen molar-refractivity contribution in [1.29, 1.82) is 0 Å². The van der Waals surface area contributed by atoms with Gasteiger partial charge in [-0.2, -0.15) is 0 Å². The molecule has 1 spiro atoms. The number of carbonyl (C=O) groups is 2. The lowest BCUT2D eigenvalue weighted by molar-refractivity contribution is -0.247. The number of benzene rings is 2. The SMILES string of the molecule is CN1CC2CN(c3cccc4ccccc34)CC2C12OC(=O)C(=O)O2. The molecular formula is C19H18N2O4. The minimum absolute atomic E-state index is 0.0492. The highest BCUT2D eigenvalue weighted by Gasteiger charge is 2.65. The number of esters is 2. The van der Waals surface area contributed by atoms with E-state index in [0.29, 0.717) is 6.54 Å². The summed E-state index contributed by atoms with van der Waals surface area (Å²) < 4.78 is 10.8. The van der Waals surface area contributed by atoms with Crippen LogP contribution in [0, 0.1) is 11.8 Å². The first kappa shape index (κ1) is 14.7. The van der Waals surface area contributed by atoms with Gasteiger partial charge in [0.15, 0.2) is 0 Å². The summed E-state index contributed by atoms with van der Waals surface area (Å²) in [4.78, 5) is 27.5. The second kappa shape index (κ2) is 4.95. The minimum Gasteiger partial charge on any atom is -0.399 e. The Bertz CT molecular complexity index is 875. The fraction of sp³-hybridized carbons (Fsp3) is 0.368. The maximum atomic E-state index is 11.7. The average molecular weight is 338 g/mol. The Hall–Kier alpha value is -2.60. The largest absolute Gasteiger partial charge is 0.421 e. The molecule has 3 aliphatic heterocycles. The number of carbonyl (C=O) groups excluding carboxylic acids is 2. The van der Waals surface area contributed by atoms with Crippen molar-refractivity contribution in [3.05, 3.63) is 42.5 Å². The van der Waals surface area contributed by atoms with Gasteiger partial charge in [0, 0.05) is 36.6 Å². The third-order valence-corrected chi connectivity index (χ3v) is 5.70. The molecule has 0 aromatic heterocycles. The molecule has 0 amide bonds. The monoisotopic (exact) mass is 338 g/mol. The van der Waals surface area contributed by atoms with Crippen LogP contribution < -0.4 is 4.90 Å². The normalized spacial score (nSPS) is 27.8. The summed E-state index contributed by atoms with van der Waals surface area (Å²) >= 11 is 0. The van der Waals surface area contributed by atoms with E-state index in [0.717, 1.165) is 13.1 Å². The molecule has 3 heterocycles. The zero-order valence-electron chi connectivity index (χ0n) is 13.8. The summed E-state index contributed by atoms with van der Waals surface area (Å²) in [7, 11) is 1.84. The number of ether oxygens (including phenoxy) is 2. The first-order valence-corrected chi connectivity index (χ1v) is 8.49. The Labute approximate surface area is 144 Å². The van der Waals surface area contributed by atoms with Crippen molar-refractivity contribution < 1.29 is 19.1 Å². The Balaban J connectivity index is 1.51. The van der Waals surface area contributed by atoms with Crippen LogP contribution in [0.4, 0.5) is 5.69 Å². The van der Waals surface area contributed by atoms with Gasteiger partial charge in [0.2, 0.25) is 0 Å². The minimum atomic E-state index is -1.24. The lowest BCUT2D eigenvalue weighted by atomic mass is 9.97. The van der Waals surface area contributed by atoms with Crippen molar-refractivity contribution >= 4 is 28.4 Å². The van der Waals surface area contributed by atoms with Crippen LogP contribution in [0.5, 0.6) is 0 Å². The van der Waals surface area contributed by atoms with Crippen molar-refractivity contribution in [1.82, 2.24) is 4.90 Å². The third kappa shape index (κ3) is 1.94. The van der Waals surface area contributed by atoms with Gasteiger partial charge in [-0.1, -0.05) is 36.4 Å². The molecule has 0 aliphatic carbocycles. The number of anilines is 1. The Kier molecular flexibility index (Phi) is 2.92. The van der Waals surface area contributed by atoms with Gasteiger partial charge < -0.3 is 14.4 Å². The zero-order valence-corrected chi connectivity index (χ0v) is 13.8. The molecule has 6 heteroatoms. The van der Waals surface area contributed by atoms with Crippen molar-refractivity contribution in [2.24, 2.45) is 11.8 Å². The predicted octanol–water partition coefficient (Wildman–Crippen LogP) is 1.59. The Morgan fingerprint density at radius 2 is 1.68 bits per heavy atom. The van der Waals surface area contributed by atoms with E-state index >= 15 is 0 Å². The number of nitrogens with zero attached hydrogens (tertiary/aromatic N) is 2. The zero-order chi connectivity index (χ0) is 17.2. The standard InChI is InChI=1S/C19H18N2O4/c1-20-9-13-10-21(11-15(13)19(20)24-17(22)18(23)25-19)16-8-4-6-12-5-2-3-7-14(12)16/h2-8,13,15H,9-11H2,1H3. The van der Waals surface area contributed by atoms with Gasteiger partial charge in [-0.3, -0.25) is 0 Å². The number of likely N-dealkylation sites (tertiary alicyclic amines) is 1. The molecule has 6 nitrogen and oxygen atoms in total. The molecule has 3 saturated heterocycles. The third-order valence-electron chi connectivity index (χ3n) is 5.70. The van der Waals surface area contributed by atoms with Gasteiger partial charge in [-0.05, 0) is 18.5 Å². The van der Waals surface area contributed by atoms with Crippen LogP contribution in [-0.2, 0) is 19.1 Å². The molecule has 2 aromatic carbocycles. The fourth-order valence-electron chi connectivity index (χ4n) is 4.59. The lowest BCUT2D eigenvalue weighted by Gasteiger charge is -2.33. The number of hydrogen-bond donors (Lipinski definition) is 0. The smallest absolute Gasteiger partial charge is 0.399 e. The van der Waals surface area contributed by atoms with Crippen LogP contribution >= 0.6 is 0 Å². The summed E-state index contributed by atoms with van der Waals surface area (Å²) in [6.45, 7) is 2.26. The van der Waals surface area contributed by atoms with Gasteiger partial charge in [0.05, 0.1) is 5.92 Å².